The number of aliphatic hydroxyl groups is 1. The minimum absolute atomic E-state index is 0.151. The van der Waals surface area contributed by atoms with Crippen LogP contribution in [0, 0.1) is 0 Å². The number of aliphatic hydroxyl groups excluding tert-OH is 1. The molecule has 0 unspecified atom stereocenters. The predicted octanol–water partition coefficient (Wildman–Crippen LogP) is 1.25. The molecule has 0 saturated heterocycles. The van der Waals surface area contributed by atoms with Crippen LogP contribution in [0.5, 0.6) is 5.75 Å². The van der Waals surface area contributed by atoms with Gasteiger partial charge in [-0.25, -0.2) is 4.68 Å². The lowest BCUT2D eigenvalue weighted by Crippen LogP contribution is -2.11. The van der Waals surface area contributed by atoms with Crippen LogP contribution >= 0.6 is 0 Å². The van der Waals surface area contributed by atoms with E-state index in [0.717, 1.165) is 25.3 Å². The average molecular weight is 319 g/mol. The van der Waals surface area contributed by atoms with E-state index in [1.807, 2.05) is 26.2 Å². The Morgan fingerprint density at radius 2 is 2.17 bits per heavy atom. The van der Waals surface area contributed by atoms with E-state index in [0.29, 0.717) is 18.4 Å². The summed E-state index contributed by atoms with van der Waals surface area (Å²) < 4.78 is 7.40. The van der Waals surface area contributed by atoms with Gasteiger partial charge in [0.15, 0.2) is 5.82 Å². The molecule has 0 aliphatic carbocycles. The third-order valence-corrected chi connectivity index (χ3v) is 3.22. The zero-order valence-electron chi connectivity index (χ0n) is 14.0. The number of aromatic nitrogens is 3. The summed E-state index contributed by atoms with van der Waals surface area (Å²) in [6.45, 7) is 2.11. The maximum Gasteiger partial charge on any atom is 0.221 e. The third kappa shape index (κ3) is 5.54. The lowest BCUT2D eigenvalue weighted by atomic mass is 10.2. The summed E-state index contributed by atoms with van der Waals surface area (Å²) in [6, 6.07) is 8.16. The van der Waals surface area contributed by atoms with Crippen LogP contribution in [0.15, 0.2) is 24.3 Å². The van der Waals surface area contributed by atoms with Crippen molar-refractivity contribution in [3.8, 4) is 5.75 Å². The fourth-order valence-electron chi connectivity index (χ4n) is 2.22. The van der Waals surface area contributed by atoms with Crippen LogP contribution in [-0.2, 0) is 20.2 Å². The Bertz CT molecular complexity index is 612. The number of hydrogen-bond acceptors (Lipinski definition) is 6. The van der Waals surface area contributed by atoms with Gasteiger partial charge in [0.25, 0.3) is 0 Å². The summed E-state index contributed by atoms with van der Waals surface area (Å²) in [5.41, 5.74) is 1.24. The SMILES string of the molecule is CN(C)Cc1cccc(OCCCNc2nc(CO)nn2C)c1. The lowest BCUT2D eigenvalue weighted by molar-refractivity contribution is 0.271. The van der Waals surface area contributed by atoms with E-state index in [1.54, 1.807) is 11.7 Å². The van der Waals surface area contributed by atoms with Crippen LogP contribution in [0.3, 0.4) is 0 Å². The van der Waals surface area contributed by atoms with Gasteiger partial charge in [0, 0.05) is 20.1 Å². The first kappa shape index (κ1) is 17.2. The number of benzene rings is 1. The molecule has 126 valence electrons. The fraction of sp³-hybridized carbons (Fsp3) is 0.500. The van der Waals surface area contributed by atoms with Gasteiger partial charge in [0.05, 0.1) is 6.61 Å². The quantitative estimate of drug-likeness (QED) is 0.678. The smallest absolute Gasteiger partial charge is 0.221 e. The van der Waals surface area contributed by atoms with E-state index in [1.165, 1.54) is 5.56 Å². The minimum atomic E-state index is -0.151. The molecular weight excluding hydrogens is 294 g/mol. The number of rotatable bonds is 9. The van der Waals surface area contributed by atoms with Crippen molar-refractivity contribution in [2.45, 2.75) is 19.6 Å². The fourth-order valence-corrected chi connectivity index (χ4v) is 2.22. The maximum atomic E-state index is 9.00. The monoisotopic (exact) mass is 319 g/mol. The highest BCUT2D eigenvalue weighted by Crippen LogP contribution is 2.14. The van der Waals surface area contributed by atoms with Crippen molar-refractivity contribution in [2.75, 3.05) is 32.6 Å². The second-order valence-electron chi connectivity index (χ2n) is 5.65. The first-order valence-corrected chi connectivity index (χ1v) is 7.69. The van der Waals surface area contributed by atoms with Gasteiger partial charge in [-0.1, -0.05) is 12.1 Å². The molecule has 0 spiro atoms. The van der Waals surface area contributed by atoms with Crippen molar-refractivity contribution in [1.29, 1.82) is 0 Å². The van der Waals surface area contributed by atoms with Crippen molar-refractivity contribution in [1.82, 2.24) is 19.7 Å². The predicted molar refractivity (Wildman–Crippen MR) is 89.4 cm³/mol. The molecule has 2 aromatic rings. The zero-order chi connectivity index (χ0) is 16.7. The maximum absolute atomic E-state index is 9.00. The molecule has 1 aromatic carbocycles. The van der Waals surface area contributed by atoms with Crippen LogP contribution in [-0.4, -0.2) is 52.0 Å². The van der Waals surface area contributed by atoms with E-state index < -0.39 is 0 Å². The molecule has 0 aliphatic heterocycles. The Labute approximate surface area is 136 Å². The standard InChI is InChI=1S/C16H25N5O2/c1-20(2)11-13-6-4-7-14(10-13)23-9-5-8-17-16-18-15(12-22)19-21(16)3/h4,6-7,10,22H,5,8-9,11-12H2,1-3H3,(H,17,18,19). The van der Waals surface area contributed by atoms with Crippen LogP contribution in [0.1, 0.15) is 17.8 Å². The number of nitrogens with zero attached hydrogens (tertiary/aromatic N) is 4. The second-order valence-corrected chi connectivity index (χ2v) is 5.65. The number of ether oxygens (including phenoxy) is 1. The highest BCUT2D eigenvalue weighted by atomic mass is 16.5. The molecule has 0 aliphatic rings. The summed E-state index contributed by atoms with van der Waals surface area (Å²) in [6.07, 6.45) is 0.846. The van der Waals surface area contributed by atoms with E-state index >= 15 is 0 Å². The van der Waals surface area contributed by atoms with Gasteiger partial charge in [-0.15, -0.1) is 0 Å². The molecule has 23 heavy (non-hydrogen) atoms. The first-order chi connectivity index (χ1) is 11.1. The summed E-state index contributed by atoms with van der Waals surface area (Å²) in [5.74, 6) is 1.97. The minimum Gasteiger partial charge on any atom is -0.494 e. The highest BCUT2D eigenvalue weighted by molar-refractivity contribution is 5.28. The Hall–Kier alpha value is -2.12. The second kappa shape index (κ2) is 8.50. The number of anilines is 1. The molecular formula is C16H25N5O2. The van der Waals surface area contributed by atoms with Crippen LogP contribution in [0.2, 0.25) is 0 Å². The molecule has 7 heteroatoms. The van der Waals surface area contributed by atoms with Crippen molar-refractivity contribution in [2.24, 2.45) is 7.05 Å². The lowest BCUT2D eigenvalue weighted by Gasteiger charge is -2.12. The summed E-state index contributed by atoms with van der Waals surface area (Å²) >= 11 is 0. The molecule has 2 rings (SSSR count). The molecule has 1 heterocycles. The molecule has 0 atom stereocenters. The summed E-state index contributed by atoms with van der Waals surface area (Å²) in [5, 5.41) is 16.2. The van der Waals surface area contributed by atoms with Crippen molar-refractivity contribution < 1.29 is 9.84 Å². The van der Waals surface area contributed by atoms with E-state index in [-0.39, 0.29) is 6.61 Å². The summed E-state index contributed by atoms with van der Waals surface area (Å²) in [4.78, 5) is 6.30. The summed E-state index contributed by atoms with van der Waals surface area (Å²) in [7, 11) is 5.89. The van der Waals surface area contributed by atoms with E-state index in [2.05, 4.69) is 32.4 Å². The van der Waals surface area contributed by atoms with Crippen LogP contribution in [0.25, 0.3) is 0 Å². The van der Waals surface area contributed by atoms with Crippen LogP contribution in [0.4, 0.5) is 5.95 Å². The molecule has 2 N–H and O–H groups in total. The topological polar surface area (TPSA) is 75.4 Å². The van der Waals surface area contributed by atoms with Gasteiger partial charge in [-0.3, -0.25) is 0 Å². The molecule has 0 amide bonds. The molecule has 1 aromatic heterocycles. The Morgan fingerprint density at radius 3 is 2.87 bits per heavy atom. The van der Waals surface area contributed by atoms with Gasteiger partial charge in [0.1, 0.15) is 12.4 Å². The van der Waals surface area contributed by atoms with E-state index in [9.17, 15) is 0 Å². The van der Waals surface area contributed by atoms with Gasteiger partial charge >= 0.3 is 0 Å². The average Bonchev–Trinajstić information content (AvgIpc) is 2.87. The third-order valence-electron chi connectivity index (χ3n) is 3.22. The van der Waals surface area contributed by atoms with Gasteiger partial charge in [-0.05, 0) is 38.2 Å². The zero-order valence-corrected chi connectivity index (χ0v) is 14.0. The molecule has 0 radical (unpaired) electrons. The first-order valence-electron chi connectivity index (χ1n) is 7.69. The Kier molecular flexibility index (Phi) is 6.37. The number of nitrogens with one attached hydrogen (secondary N) is 1. The number of aryl methyl sites for hydroxylation is 1. The molecule has 7 nitrogen and oxygen atoms in total. The van der Waals surface area contributed by atoms with Crippen molar-refractivity contribution in [3.05, 3.63) is 35.7 Å². The van der Waals surface area contributed by atoms with Gasteiger partial charge in [0.2, 0.25) is 5.95 Å². The van der Waals surface area contributed by atoms with Gasteiger partial charge < -0.3 is 20.1 Å². The van der Waals surface area contributed by atoms with E-state index in [4.69, 9.17) is 9.84 Å². The highest BCUT2D eigenvalue weighted by Gasteiger charge is 2.05. The van der Waals surface area contributed by atoms with Crippen LogP contribution < -0.4 is 10.1 Å². The normalized spacial score (nSPS) is 11.0. The molecule has 0 fully saturated rings. The van der Waals surface area contributed by atoms with Crippen molar-refractivity contribution >= 4 is 5.95 Å². The Morgan fingerprint density at radius 1 is 1.35 bits per heavy atom. The number of hydrogen-bond donors (Lipinski definition) is 2. The molecule has 0 saturated carbocycles. The largest absolute Gasteiger partial charge is 0.494 e. The van der Waals surface area contributed by atoms with Gasteiger partial charge in [-0.2, -0.15) is 10.1 Å². The Balaban J connectivity index is 1.72. The van der Waals surface area contributed by atoms with Crippen molar-refractivity contribution in [3.63, 3.8) is 0 Å². The molecule has 0 bridgehead atoms.